The van der Waals surface area contributed by atoms with Crippen molar-refractivity contribution in [2.45, 2.75) is 34.1 Å². The van der Waals surface area contributed by atoms with Crippen molar-refractivity contribution >= 4 is 0 Å². The van der Waals surface area contributed by atoms with E-state index >= 15 is 0 Å². The maximum atomic E-state index is 3.25. The summed E-state index contributed by atoms with van der Waals surface area (Å²) in [6.07, 6.45) is 1.14. The van der Waals surface area contributed by atoms with Crippen LogP contribution in [0.3, 0.4) is 0 Å². The van der Waals surface area contributed by atoms with Crippen molar-refractivity contribution < 1.29 is 65.4 Å². The van der Waals surface area contributed by atoms with Gasteiger partial charge < -0.3 is 6.92 Å². The summed E-state index contributed by atoms with van der Waals surface area (Å²) in [4.78, 5) is 0. The Hall–Kier alpha value is 1.43. The van der Waals surface area contributed by atoms with Crippen molar-refractivity contribution in [3.63, 3.8) is 0 Å². The molecule has 14 heavy (non-hydrogen) atoms. The third kappa shape index (κ3) is 15.9. The Kier molecular flexibility index (Phi) is 42.0. The third-order valence-electron chi connectivity index (χ3n) is 1.25. The van der Waals surface area contributed by atoms with E-state index in [1.807, 2.05) is 19.9 Å². The minimum absolute atomic E-state index is 0. The summed E-state index contributed by atoms with van der Waals surface area (Å²) in [6.45, 7) is 11.2. The number of hydrogen-bond donors (Lipinski definition) is 0. The third-order valence-corrected chi connectivity index (χ3v) is 1.25. The Labute approximate surface area is 140 Å². The Morgan fingerprint density at radius 2 is 1.29 bits per heavy atom. The molecule has 0 spiro atoms. The summed E-state index contributed by atoms with van der Waals surface area (Å²) in [7, 11) is 0. The van der Waals surface area contributed by atoms with E-state index in [2.05, 4.69) is 38.1 Å². The summed E-state index contributed by atoms with van der Waals surface area (Å²) in [5.74, 6) is 0. The summed E-state index contributed by atoms with van der Waals surface area (Å²) >= 11 is 0. The second-order valence-corrected chi connectivity index (χ2v) is 1.84. The molecule has 0 saturated carbocycles. The Morgan fingerprint density at radius 3 is 1.50 bits per heavy atom. The van der Waals surface area contributed by atoms with Crippen molar-refractivity contribution in [3.05, 3.63) is 42.8 Å². The van der Waals surface area contributed by atoms with E-state index in [1.54, 1.807) is 6.92 Å². The summed E-state index contributed by atoms with van der Waals surface area (Å²) in [5, 5.41) is 0. The van der Waals surface area contributed by atoms with Gasteiger partial charge in [0.15, 0.2) is 0 Å². The fraction of sp³-hybridized carbons (Fsp3) is 0.417. The van der Waals surface area contributed by atoms with E-state index < -0.39 is 0 Å². The van der Waals surface area contributed by atoms with E-state index in [-0.39, 0.29) is 65.4 Å². The van der Waals surface area contributed by atoms with Crippen LogP contribution in [0, 0.1) is 6.92 Å². The molecule has 0 heterocycles. The number of hydrogen-bond acceptors (Lipinski definition) is 0. The molecule has 0 aliphatic rings. The second kappa shape index (κ2) is 23.9. The van der Waals surface area contributed by atoms with Crippen molar-refractivity contribution in [2.24, 2.45) is 0 Å². The number of aryl methyl sites for hydroxylation is 1. The average molecular weight is 343 g/mol. The van der Waals surface area contributed by atoms with E-state index in [0.29, 0.717) is 0 Å². The zero-order valence-electron chi connectivity index (χ0n) is 9.96. The van der Waals surface area contributed by atoms with E-state index in [4.69, 9.17) is 0 Å². The Morgan fingerprint density at radius 1 is 0.929 bits per heavy atom. The molecule has 76 valence electrons. The van der Waals surface area contributed by atoms with E-state index in [0.717, 1.165) is 6.42 Å². The van der Waals surface area contributed by atoms with Crippen LogP contribution in [0.25, 0.3) is 0 Å². The zero-order chi connectivity index (χ0) is 9.82. The molecule has 2 radical (unpaired) electrons. The van der Waals surface area contributed by atoms with Gasteiger partial charge >= 0.3 is 0 Å². The first-order valence-electron chi connectivity index (χ1n) is 4.68. The topological polar surface area (TPSA) is 0 Å². The quantitative estimate of drug-likeness (QED) is 0.674. The maximum Gasteiger partial charge on any atom is 0 e. The first kappa shape index (κ1) is 24.6. The second-order valence-electron chi connectivity index (χ2n) is 1.84. The van der Waals surface area contributed by atoms with Gasteiger partial charge in [0.2, 0.25) is 0 Å². The summed E-state index contributed by atoms with van der Waals surface area (Å²) in [5.41, 5.74) is 1.41. The fourth-order valence-corrected chi connectivity index (χ4v) is 0.714. The molecule has 1 aromatic carbocycles. The Bertz CT molecular complexity index is 150. The van der Waals surface area contributed by atoms with Gasteiger partial charge in [0, 0.05) is 65.4 Å². The molecular formula is C12H21Y2-. The molecule has 2 heteroatoms. The fourth-order valence-electron chi connectivity index (χ4n) is 0.714. The molecule has 1 rings (SSSR count). The van der Waals surface area contributed by atoms with E-state index in [9.17, 15) is 0 Å². The first-order valence-corrected chi connectivity index (χ1v) is 4.68. The van der Waals surface area contributed by atoms with Crippen LogP contribution < -0.4 is 0 Å². The van der Waals surface area contributed by atoms with Gasteiger partial charge in [0.1, 0.15) is 0 Å². The van der Waals surface area contributed by atoms with E-state index in [1.165, 1.54) is 5.56 Å². The molecule has 1 aromatic rings. The first-order chi connectivity index (χ1) is 5.93. The van der Waals surface area contributed by atoms with Gasteiger partial charge in [-0.2, -0.15) is 6.92 Å². The van der Waals surface area contributed by atoms with Gasteiger partial charge in [-0.3, -0.25) is 0 Å². The number of rotatable bonds is 1. The molecule has 0 amide bonds. The van der Waals surface area contributed by atoms with Crippen LogP contribution >= 0.6 is 0 Å². The molecule has 0 saturated heterocycles. The van der Waals surface area contributed by atoms with Gasteiger partial charge in [-0.1, -0.05) is 51.1 Å². The molecular weight excluding hydrogens is 322 g/mol. The molecule has 0 fully saturated rings. The van der Waals surface area contributed by atoms with Crippen molar-refractivity contribution in [3.8, 4) is 0 Å². The molecule has 0 aliphatic heterocycles. The van der Waals surface area contributed by atoms with Crippen LogP contribution in [0.2, 0.25) is 0 Å². The van der Waals surface area contributed by atoms with Crippen molar-refractivity contribution in [1.82, 2.24) is 0 Å². The summed E-state index contributed by atoms with van der Waals surface area (Å²) in [6, 6.07) is 10.5. The zero-order valence-corrected chi connectivity index (χ0v) is 15.6. The van der Waals surface area contributed by atoms with Crippen LogP contribution in [0.5, 0.6) is 0 Å². The smallest absolute Gasteiger partial charge is 0 e. The van der Waals surface area contributed by atoms with Crippen LogP contribution in [-0.2, 0) is 71.8 Å². The Balaban J connectivity index is -0.0000000750. The van der Waals surface area contributed by atoms with Crippen molar-refractivity contribution in [1.29, 1.82) is 0 Å². The van der Waals surface area contributed by atoms with Crippen LogP contribution in [0.1, 0.15) is 33.3 Å². The molecule has 0 aromatic heterocycles. The largest absolute Gasteiger partial charge is 0.346 e. The molecule has 0 aliphatic carbocycles. The molecule has 0 bridgehead atoms. The van der Waals surface area contributed by atoms with Crippen molar-refractivity contribution in [2.75, 3.05) is 0 Å². The van der Waals surface area contributed by atoms with Crippen LogP contribution in [0.4, 0.5) is 0 Å². The number of benzene rings is 1. The van der Waals surface area contributed by atoms with Crippen LogP contribution in [0.15, 0.2) is 30.3 Å². The average Bonchev–Trinajstić information content (AvgIpc) is 2.25. The molecule has 0 N–H and O–H groups in total. The predicted molar refractivity (Wildman–Crippen MR) is 58.2 cm³/mol. The minimum atomic E-state index is 0. The summed E-state index contributed by atoms with van der Waals surface area (Å²) < 4.78 is 0. The van der Waals surface area contributed by atoms with Crippen LogP contribution in [-0.4, -0.2) is 0 Å². The van der Waals surface area contributed by atoms with Gasteiger partial charge in [0.25, 0.3) is 0 Å². The molecule has 0 atom stereocenters. The van der Waals surface area contributed by atoms with Gasteiger partial charge in [-0.05, 0) is 12.0 Å². The maximum absolute atomic E-state index is 3.25. The van der Waals surface area contributed by atoms with Gasteiger partial charge in [-0.15, -0.1) is 0 Å². The predicted octanol–water partition coefficient (Wildman–Crippen LogP) is 4.11. The van der Waals surface area contributed by atoms with Gasteiger partial charge in [-0.25, -0.2) is 0 Å². The normalized spacial score (nSPS) is 6.07. The molecule has 0 unspecified atom stereocenters. The monoisotopic (exact) mass is 343 g/mol. The standard InChI is InChI=1S/C8H10.C2H6.C2H5.2Y/c1-2-8-6-4-3-5-7-8;2*1-2;;/h3-7H,2H2,1H3;1-2H3;1H2,2H3;;/q;;-1;;. The van der Waals surface area contributed by atoms with Gasteiger partial charge in [0.05, 0.1) is 0 Å². The minimum Gasteiger partial charge on any atom is -0.346 e. The SMILES string of the molecule is CC.CCc1ccccc1.[CH2-]C.[Y].[Y]. The molecule has 0 nitrogen and oxygen atoms in total.